The number of pyridine rings is 1. The Morgan fingerprint density at radius 3 is 2.37 bits per heavy atom. The summed E-state index contributed by atoms with van der Waals surface area (Å²) in [5.74, 6) is 0.0948. The van der Waals surface area contributed by atoms with Crippen molar-refractivity contribution >= 4 is 17.8 Å². The van der Waals surface area contributed by atoms with Gasteiger partial charge in [0.2, 0.25) is 0 Å². The van der Waals surface area contributed by atoms with E-state index in [1.165, 1.54) is 11.0 Å². The first kappa shape index (κ1) is 30.4. The molecule has 1 aromatic heterocycles. The number of amides is 3. The number of ether oxygens (including phenoxy) is 3. The highest BCUT2D eigenvalue weighted by atomic mass is 19.4. The van der Waals surface area contributed by atoms with Crippen LogP contribution in [0.3, 0.4) is 0 Å². The minimum absolute atomic E-state index is 0.0689. The number of nitrogens with zero attached hydrogens (tertiary/aromatic N) is 2. The Kier molecular flexibility index (Phi) is 9.62. The maximum absolute atomic E-state index is 13.5. The van der Waals surface area contributed by atoms with Gasteiger partial charge in [0.25, 0.3) is 0 Å². The number of hydrogen-bond donors (Lipinski definition) is 2. The summed E-state index contributed by atoms with van der Waals surface area (Å²) in [4.78, 5) is 30.7. The SMILES string of the molecule is CC(C)(C)OC(=O)N1CC[C@H](Oc2ccc(C(F)(F)F)cc2NC(=O)N[C@H]2CC[C@H](OCc3ccncc3)CC2)C1. The molecule has 224 valence electrons. The highest BCUT2D eigenvalue weighted by Gasteiger charge is 2.34. The first-order chi connectivity index (χ1) is 19.4. The fourth-order valence-corrected chi connectivity index (χ4v) is 4.81. The molecule has 2 N–H and O–H groups in total. The lowest BCUT2D eigenvalue weighted by Crippen LogP contribution is -2.41. The van der Waals surface area contributed by atoms with Crippen LogP contribution in [0, 0.1) is 0 Å². The van der Waals surface area contributed by atoms with Gasteiger partial charge in [0.05, 0.1) is 30.5 Å². The van der Waals surface area contributed by atoms with Crippen molar-refractivity contribution in [3.05, 3.63) is 53.9 Å². The zero-order valence-electron chi connectivity index (χ0n) is 23.5. The van der Waals surface area contributed by atoms with Crippen LogP contribution in [-0.4, -0.2) is 58.9 Å². The van der Waals surface area contributed by atoms with Crippen LogP contribution in [0.5, 0.6) is 5.75 Å². The predicted octanol–water partition coefficient (Wildman–Crippen LogP) is 6.14. The van der Waals surface area contributed by atoms with Crippen LogP contribution in [0.4, 0.5) is 28.4 Å². The predicted molar refractivity (Wildman–Crippen MR) is 146 cm³/mol. The molecule has 1 saturated carbocycles. The number of likely N-dealkylation sites (tertiary alicyclic amines) is 1. The van der Waals surface area contributed by atoms with Gasteiger partial charge in [0, 0.05) is 31.4 Å². The van der Waals surface area contributed by atoms with Gasteiger partial charge >= 0.3 is 18.3 Å². The first-order valence-electron chi connectivity index (χ1n) is 13.8. The number of hydrogen-bond acceptors (Lipinski definition) is 6. The lowest BCUT2D eigenvalue weighted by atomic mass is 9.93. The van der Waals surface area contributed by atoms with E-state index in [9.17, 15) is 22.8 Å². The summed E-state index contributed by atoms with van der Waals surface area (Å²) >= 11 is 0. The Morgan fingerprint density at radius 1 is 1.00 bits per heavy atom. The monoisotopic (exact) mass is 578 g/mol. The van der Waals surface area contributed by atoms with Crippen LogP contribution in [0.1, 0.15) is 64.0 Å². The molecule has 2 aliphatic rings. The minimum Gasteiger partial charge on any atom is -0.486 e. The summed E-state index contributed by atoms with van der Waals surface area (Å²) in [7, 11) is 0. The second kappa shape index (κ2) is 13.0. The lowest BCUT2D eigenvalue weighted by Gasteiger charge is -2.29. The molecule has 41 heavy (non-hydrogen) atoms. The maximum atomic E-state index is 13.5. The number of benzene rings is 1. The third-order valence-electron chi connectivity index (χ3n) is 6.89. The Labute approximate surface area is 237 Å². The van der Waals surface area contributed by atoms with Gasteiger partial charge in [-0.1, -0.05) is 0 Å². The molecular formula is C29H37F3N4O5. The fraction of sp³-hybridized carbons (Fsp3) is 0.552. The topological polar surface area (TPSA) is 102 Å². The van der Waals surface area contributed by atoms with Crippen molar-refractivity contribution < 1.29 is 37.0 Å². The van der Waals surface area contributed by atoms with E-state index in [2.05, 4.69) is 15.6 Å². The van der Waals surface area contributed by atoms with Crippen LogP contribution in [0.2, 0.25) is 0 Å². The largest absolute Gasteiger partial charge is 0.486 e. The number of halogens is 3. The van der Waals surface area contributed by atoms with Crippen LogP contribution in [0.15, 0.2) is 42.7 Å². The number of alkyl halides is 3. The van der Waals surface area contributed by atoms with Crippen molar-refractivity contribution in [1.82, 2.24) is 15.2 Å². The Balaban J connectivity index is 1.32. The molecule has 4 rings (SSSR count). The minimum atomic E-state index is -4.60. The molecule has 0 radical (unpaired) electrons. The van der Waals surface area contributed by atoms with Gasteiger partial charge in [-0.15, -0.1) is 0 Å². The van der Waals surface area contributed by atoms with Gasteiger partial charge in [-0.3, -0.25) is 4.98 Å². The third-order valence-corrected chi connectivity index (χ3v) is 6.89. The Morgan fingerprint density at radius 2 is 1.71 bits per heavy atom. The van der Waals surface area contributed by atoms with Gasteiger partial charge in [-0.25, -0.2) is 9.59 Å². The third kappa shape index (κ3) is 9.24. The fourth-order valence-electron chi connectivity index (χ4n) is 4.81. The van der Waals surface area contributed by atoms with Gasteiger partial charge < -0.3 is 29.7 Å². The van der Waals surface area contributed by atoms with Crippen molar-refractivity contribution in [2.45, 2.75) is 89.5 Å². The van der Waals surface area contributed by atoms with E-state index in [4.69, 9.17) is 14.2 Å². The summed E-state index contributed by atoms with van der Waals surface area (Å²) in [6.07, 6.45) is 1.30. The van der Waals surface area contributed by atoms with Crippen molar-refractivity contribution in [3.8, 4) is 5.75 Å². The van der Waals surface area contributed by atoms with Crippen molar-refractivity contribution in [2.24, 2.45) is 0 Å². The molecule has 1 atom stereocenters. The number of nitrogens with one attached hydrogen (secondary N) is 2. The molecule has 9 nitrogen and oxygen atoms in total. The molecule has 1 aliphatic carbocycles. The molecule has 2 fully saturated rings. The van der Waals surface area contributed by atoms with Gasteiger partial charge in [-0.05, 0) is 82.3 Å². The van der Waals surface area contributed by atoms with E-state index in [0.29, 0.717) is 32.4 Å². The molecule has 12 heteroatoms. The molecule has 1 aliphatic heterocycles. The zero-order chi connectivity index (χ0) is 29.6. The normalized spacial score (nSPS) is 21.3. The highest BCUT2D eigenvalue weighted by Crippen LogP contribution is 2.36. The molecule has 1 aromatic carbocycles. The highest BCUT2D eigenvalue weighted by molar-refractivity contribution is 5.91. The molecular weight excluding hydrogens is 541 g/mol. The number of carbonyl (C=O) groups is 2. The van der Waals surface area contributed by atoms with Gasteiger partial charge in [0.15, 0.2) is 0 Å². The second-order valence-corrected chi connectivity index (χ2v) is 11.4. The maximum Gasteiger partial charge on any atom is 0.416 e. The van der Waals surface area contributed by atoms with E-state index in [1.807, 2.05) is 12.1 Å². The number of aromatic nitrogens is 1. The molecule has 2 heterocycles. The van der Waals surface area contributed by atoms with Gasteiger partial charge in [0.1, 0.15) is 17.5 Å². The van der Waals surface area contributed by atoms with E-state index in [1.54, 1.807) is 33.2 Å². The van der Waals surface area contributed by atoms with Crippen molar-refractivity contribution in [1.29, 1.82) is 0 Å². The summed E-state index contributed by atoms with van der Waals surface area (Å²) in [5, 5.41) is 5.41. The molecule has 3 amide bonds. The van der Waals surface area contributed by atoms with E-state index in [-0.39, 0.29) is 30.1 Å². The molecule has 0 unspecified atom stereocenters. The summed E-state index contributed by atoms with van der Waals surface area (Å²) in [6.45, 7) is 6.39. The molecule has 0 spiro atoms. The molecule has 2 aromatic rings. The van der Waals surface area contributed by atoms with E-state index >= 15 is 0 Å². The average molecular weight is 579 g/mol. The van der Waals surface area contributed by atoms with Crippen LogP contribution in [-0.2, 0) is 22.3 Å². The number of rotatable bonds is 7. The van der Waals surface area contributed by atoms with Crippen molar-refractivity contribution in [3.63, 3.8) is 0 Å². The quantitative estimate of drug-likeness (QED) is 0.409. The van der Waals surface area contributed by atoms with Crippen LogP contribution < -0.4 is 15.4 Å². The van der Waals surface area contributed by atoms with Crippen molar-refractivity contribution in [2.75, 3.05) is 18.4 Å². The average Bonchev–Trinajstić information content (AvgIpc) is 3.37. The first-order valence-corrected chi connectivity index (χ1v) is 13.8. The van der Waals surface area contributed by atoms with E-state index < -0.39 is 35.6 Å². The summed E-state index contributed by atoms with van der Waals surface area (Å²) in [6, 6.07) is 6.01. The van der Waals surface area contributed by atoms with Crippen LogP contribution >= 0.6 is 0 Å². The second-order valence-electron chi connectivity index (χ2n) is 11.4. The lowest BCUT2D eigenvalue weighted by molar-refractivity contribution is -0.137. The number of carbonyl (C=O) groups excluding carboxylic acids is 2. The Hall–Kier alpha value is -3.54. The van der Waals surface area contributed by atoms with Crippen LogP contribution in [0.25, 0.3) is 0 Å². The summed E-state index contributed by atoms with van der Waals surface area (Å²) < 4.78 is 57.7. The zero-order valence-corrected chi connectivity index (χ0v) is 23.5. The van der Waals surface area contributed by atoms with Gasteiger partial charge in [-0.2, -0.15) is 13.2 Å². The Bertz CT molecular complexity index is 1180. The smallest absolute Gasteiger partial charge is 0.416 e. The molecule has 0 bridgehead atoms. The molecule has 1 saturated heterocycles. The number of urea groups is 1. The van der Waals surface area contributed by atoms with E-state index in [0.717, 1.165) is 30.5 Å². The number of anilines is 1. The standard InChI is InChI=1S/C29H37F3N4O5/c1-28(2,3)41-27(38)36-15-12-23(17-36)40-25-9-4-20(29(30,31)32)16-24(25)35-26(37)34-21-5-7-22(8-6-21)39-18-19-10-13-33-14-11-19/h4,9-11,13-14,16,21-23H,5-8,12,15,17-18H2,1-3H3,(H2,34,35,37)/t21-,22-,23-/m0/s1. The summed E-state index contributed by atoms with van der Waals surface area (Å²) in [5.41, 5.74) is -0.620.